The second kappa shape index (κ2) is 10.9. The Labute approximate surface area is 183 Å². The summed E-state index contributed by atoms with van der Waals surface area (Å²) < 4.78 is 33.4. The normalized spacial score (nSPS) is 15.8. The van der Waals surface area contributed by atoms with Crippen molar-refractivity contribution in [3.05, 3.63) is 28.2 Å². The molecular formula is C21H33BrN2O4S. The summed E-state index contributed by atoms with van der Waals surface area (Å²) >= 11 is 3.36. The Kier molecular flexibility index (Phi) is 9.13. The highest BCUT2D eigenvalue weighted by Gasteiger charge is 2.29. The van der Waals surface area contributed by atoms with Gasteiger partial charge in [-0.2, -0.15) is 4.31 Å². The third-order valence-electron chi connectivity index (χ3n) is 5.01. The molecule has 0 aliphatic carbocycles. The van der Waals surface area contributed by atoms with Gasteiger partial charge in [0.05, 0.1) is 18.1 Å². The molecule has 0 atom stereocenters. The molecule has 1 aromatic rings. The van der Waals surface area contributed by atoms with E-state index >= 15 is 0 Å². The van der Waals surface area contributed by atoms with Crippen LogP contribution in [0.3, 0.4) is 0 Å². The molecule has 6 nitrogen and oxygen atoms in total. The maximum absolute atomic E-state index is 13.2. The van der Waals surface area contributed by atoms with Gasteiger partial charge in [-0.15, -0.1) is 0 Å². The molecule has 0 unspecified atom stereocenters. The summed E-state index contributed by atoms with van der Waals surface area (Å²) in [5.41, 5.74) is 0.410. The van der Waals surface area contributed by atoms with E-state index in [1.807, 2.05) is 4.90 Å². The predicted octanol–water partition coefficient (Wildman–Crippen LogP) is 4.00. The van der Waals surface area contributed by atoms with E-state index in [0.717, 1.165) is 12.8 Å². The zero-order valence-corrected chi connectivity index (χ0v) is 20.3. The Bertz CT molecular complexity index is 778. The largest absolute Gasteiger partial charge is 0.379 e. The van der Waals surface area contributed by atoms with E-state index < -0.39 is 10.0 Å². The van der Waals surface area contributed by atoms with Crippen LogP contribution >= 0.6 is 15.9 Å². The zero-order valence-electron chi connectivity index (χ0n) is 17.9. The Morgan fingerprint density at radius 2 is 1.66 bits per heavy atom. The highest BCUT2D eigenvalue weighted by atomic mass is 79.9. The van der Waals surface area contributed by atoms with Gasteiger partial charge in [-0.1, -0.05) is 27.7 Å². The van der Waals surface area contributed by atoms with Crippen LogP contribution in [0.25, 0.3) is 0 Å². The summed E-state index contributed by atoms with van der Waals surface area (Å²) in [4.78, 5) is 15.2. The molecule has 2 rings (SSSR count). The molecule has 1 aliphatic rings. The fourth-order valence-corrected chi connectivity index (χ4v) is 5.44. The topological polar surface area (TPSA) is 66.9 Å². The van der Waals surface area contributed by atoms with Gasteiger partial charge in [0.1, 0.15) is 0 Å². The number of carbonyl (C=O) groups is 1. The van der Waals surface area contributed by atoms with Crippen LogP contribution in [-0.2, 0) is 14.8 Å². The van der Waals surface area contributed by atoms with Crippen molar-refractivity contribution in [2.45, 2.75) is 45.4 Å². The highest BCUT2D eigenvalue weighted by molar-refractivity contribution is 9.10. The maximum atomic E-state index is 13.2. The number of nitrogens with zero attached hydrogens (tertiary/aromatic N) is 2. The number of carbonyl (C=O) groups excluding carboxylic acids is 1. The molecule has 1 aromatic carbocycles. The molecule has 8 heteroatoms. The lowest BCUT2D eigenvalue weighted by Crippen LogP contribution is -2.41. The van der Waals surface area contributed by atoms with E-state index in [2.05, 4.69) is 43.6 Å². The van der Waals surface area contributed by atoms with Crippen LogP contribution < -0.4 is 0 Å². The van der Waals surface area contributed by atoms with Crippen molar-refractivity contribution >= 4 is 31.9 Å². The lowest BCUT2D eigenvalue weighted by Gasteiger charge is -2.27. The van der Waals surface area contributed by atoms with Gasteiger partial charge in [0.2, 0.25) is 10.0 Å². The van der Waals surface area contributed by atoms with Gasteiger partial charge in [0.25, 0.3) is 5.91 Å². The first-order valence-corrected chi connectivity index (χ1v) is 12.5. The number of hydrogen-bond donors (Lipinski definition) is 0. The Balaban J connectivity index is 2.29. The summed E-state index contributed by atoms with van der Waals surface area (Å²) in [5, 5.41) is 0. The quantitative estimate of drug-likeness (QED) is 0.526. The number of hydrogen-bond acceptors (Lipinski definition) is 4. The molecule has 164 valence electrons. The van der Waals surface area contributed by atoms with Crippen LogP contribution in [0, 0.1) is 11.8 Å². The standard InChI is InChI=1S/C21H33BrN2O4S/c1-16(2)7-9-23(10-8-17(3)4)21(25)18-5-6-19(22)20(15-18)29(26,27)24-11-13-28-14-12-24/h5-6,15-17H,7-14H2,1-4H3. The number of benzene rings is 1. The molecule has 1 aliphatic heterocycles. The summed E-state index contributed by atoms with van der Waals surface area (Å²) in [6.07, 6.45) is 1.83. The molecule has 0 aromatic heterocycles. The molecule has 0 bridgehead atoms. The molecule has 0 N–H and O–H groups in total. The van der Waals surface area contributed by atoms with Crippen LogP contribution in [0.2, 0.25) is 0 Å². The number of amides is 1. The molecule has 0 radical (unpaired) electrons. The van der Waals surface area contributed by atoms with Gasteiger partial charge in [-0.25, -0.2) is 8.42 Å². The van der Waals surface area contributed by atoms with Crippen LogP contribution in [0.5, 0.6) is 0 Å². The second-order valence-electron chi connectivity index (χ2n) is 8.32. The molecule has 1 saturated heterocycles. The van der Waals surface area contributed by atoms with E-state index in [9.17, 15) is 13.2 Å². The van der Waals surface area contributed by atoms with Crippen molar-refractivity contribution in [3.8, 4) is 0 Å². The predicted molar refractivity (Wildman–Crippen MR) is 119 cm³/mol. The van der Waals surface area contributed by atoms with Crippen molar-refractivity contribution in [3.63, 3.8) is 0 Å². The number of ether oxygens (including phenoxy) is 1. The van der Waals surface area contributed by atoms with Crippen molar-refractivity contribution < 1.29 is 17.9 Å². The van der Waals surface area contributed by atoms with Crippen LogP contribution in [0.1, 0.15) is 50.9 Å². The fourth-order valence-electron chi connectivity index (χ4n) is 3.09. The third kappa shape index (κ3) is 6.77. The van der Waals surface area contributed by atoms with E-state index in [1.165, 1.54) is 10.4 Å². The SMILES string of the molecule is CC(C)CCN(CCC(C)C)C(=O)c1ccc(Br)c(S(=O)(=O)N2CCOCC2)c1. The lowest BCUT2D eigenvalue weighted by atomic mass is 10.1. The summed E-state index contributed by atoms with van der Waals surface area (Å²) in [6.45, 7) is 11.3. The summed E-state index contributed by atoms with van der Waals surface area (Å²) in [6, 6.07) is 4.86. The van der Waals surface area contributed by atoms with Crippen LogP contribution in [-0.4, -0.2) is 62.9 Å². The molecule has 1 amide bonds. The summed E-state index contributed by atoms with van der Waals surface area (Å²) in [7, 11) is -3.69. The van der Waals surface area contributed by atoms with Crippen molar-refractivity contribution in [1.82, 2.24) is 9.21 Å². The zero-order chi connectivity index (χ0) is 21.6. The Morgan fingerprint density at radius 3 is 2.17 bits per heavy atom. The van der Waals surface area contributed by atoms with E-state index in [0.29, 0.717) is 61.3 Å². The second-order valence-corrected chi connectivity index (χ2v) is 11.1. The molecule has 29 heavy (non-hydrogen) atoms. The first-order chi connectivity index (χ1) is 13.6. The molecule has 1 heterocycles. The highest BCUT2D eigenvalue weighted by Crippen LogP contribution is 2.27. The van der Waals surface area contributed by atoms with Crippen molar-refractivity contribution in [2.24, 2.45) is 11.8 Å². The average molecular weight is 489 g/mol. The minimum atomic E-state index is -3.69. The fraction of sp³-hybridized carbons (Fsp3) is 0.667. The van der Waals surface area contributed by atoms with Gasteiger partial charge in [-0.05, 0) is 58.8 Å². The van der Waals surface area contributed by atoms with Crippen LogP contribution in [0.15, 0.2) is 27.6 Å². The molecular weight excluding hydrogens is 456 g/mol. The minimum absolute atomic E-state index is 0.114. The number of halogens is 1. The number of sulfonamides is 1. The smallest absolute Gasteiger partial charge is 0.253 e. The third-order valence-corrected chi connectivity index (χ3v) is 7.90. The average Bonchev–Trinajstić information content (AvgIpc) is 2.68. The van der Waals surface area contributed by atoms with Gasteiger partial charge in [0, 0.05) is 36.2 Å². The van der Waals surface area contributed by atoms with Gasteiger partial charge in [-0.3, -0.25) is 4.79 Å². The number of morpholine rings is 1. The monoisotopic (exact) mass is 488 g/mol. The van der Waals surface area contributed by atoms with Crippen LogP contribution in [0.4, 0.5) is 0 Å². The van der Waals surface area contributed by atoms with Crippen molar-refractivity contribution in [1.29, 1.82) is 0 Å². The Morgan fingerprint density at radius 1 is 1.10 bits per heavy atom. The van der Waals surface area contributed by atoms with Gasteiger partial charge in [0.15, 0.2) is 0 Å². The van der Waals surface area contributed by atoms with Crippen molar-refractivity contribution in [2.75, 3.05) is 39.4 Å². The Hall–Kier alpha value is -0.960. The van der Waals surface area contributed by atoms with Gasteiger partial charge >= 0.3 is 0 Å². The first-order valence-electron chi connectivity index (χ1n) is 10.3. The molecule has 1 fully saturated rings. The molecule has 0 spiro atoms. The lowest BCUT2D eigenvalue weighted by molar-refractivity contribution is 0.0728. The minimum Gasteiger partial charge on any atom is -0.379 e. The number of rotatable bonds is 9. The first kappa shape index (κ1) is 24.3. The van der Waals surface area contributed by atoms with E-state index in [-0.39, 0.29) is 10.8 Å². The molecule has 0 saturated carbocycles. The maximum Gasteiger partial charge on any atom is 0.253 e. The summed E-state index contributed by atoms with van der Waals surface area (Å²) in [5.74, 6) is 0.871. The van der Waals surface area contributed by atoms with E-state index in [4.69, 9.17) is 4.74 Å². The van der Waals surface area contributed by atoms with Gasteiger partial charge < -0.3 is 9.64 Å². The van der Waals surface area contributed by atoms with E-state index in [1.54, 1.807) is 12.1 Å².